The number of hydrogen-bond donors (Lipinski definition) is 1. The normalized spacial score (nSPS) is 11.9. The van der Waals surface area contributed by atoms with Crippen molar-refractivity contribution < 1.29 is 4.79 Å². The number of aryl methyl sites for hydroxylation is 2. The number of rotatable bonds is 8. The minimum atomic E-state index is -0.455. The molecule has 1 heterocycles. The van der Waals surface area contributed by atoms with Gasteiger partial charge in [0, 0.05) is 12.2 Å². The van der Waals surface area contributed by atoms with E-state index in [4.69, 9.17) is 28.2 Å². The summed E-state index contributed by atoms with van der Waals surface area (Å²) in [6.45, 7) is 8.64. The summed E-state index contributed by atoms with van der Waals surface area (Å²) in [7, 11) is 0. The monoisotopic (exact) mass is 550 g/mol. The Kier molecular flexibility index (Phi) is 8.75. The summed E-state index contributed by atoms with van der Waals surface area (Å²) in [4.78, 5) is 34.4. The zero-order valence-electron chi connectivity index (χ0n) is 22.1. The van der Waals surface area contributed by atoms with Crippen LogP contribution in [0.1, 0.15) is 56.1 Å². The maximum absolute atomic E-state index is 13.9. The van der Waals surface area contributed by atoms with Crippen LogP contribution in [-0.4, -0.2) is 27.0 Å². The van der Waals surface area contributed by atoms with Gasteiger partial charge >= 0.3 is 6.03 Å². The fraction of sp³-hybridized carbons (Fsp3) is 0.300. The number of fused-ring (bicyclic) bond motifs is 1. The molecule has 0 spiro atoms. The number of carbonyl (C=O) groups excluding carboxylic acids is 1. The topological polar surface area (TPSA) is 67.2 Å². The Bertz CT molecular complexity index is 1530. The summed E-state index contributed by atoms with van der Waals surface area (Å²) in [6.07, 6.45) is 2.27. The lowest BCUT2D eigenvalue weighted by molar-refractivity contribution is 0.180. The second kappa shape index (κ2) is 12.0. The van der Waals surface area contributed by atoms with E-state index >= 15 is 0 Å². The van der Waals surface area contributed by atoms with E-state index in [1.54, 1.807) is 33.7 Å². The first-order chi connectivity index (χ1) is 18.2. The van der Waals surface area contributed by atoms with Crippen LogP contribution in [0.5, 0.6) is 0 Å². The number of para-hydroxylation sites is 1. The molecule has 0 aliphatic carbocycles. The smallest absolute Gasteiger partial charge is 0.314 e. The average molecular weight is 552 g/mol. The lowest BCUT2D eigenvalue weighted by Crippen LogP contribution is -2.41. The van der Waals surface area contributed by atoms with E-state index in [9.17, 15) is 9.59 Å². The Morgan fingerprint density at radius 2 is 1.76 bits per heavy atom. The van der Waals surface area contributed by atoms with Crippen LogP contribution in [0.3, 0.4) is 0 Å². The number of urea groups is 1. The summed E-state index contributed by atoms with van der Waals surface area (Å²) in [6, 6.07) is 17.5. The number of carbonyl (C=O) groups is 1. The summed E-state index contributed by atoms with van der Waals surface area (Å²) in [5.41, 5.74) is 3.92. The molecular formula is C30H32Cl2N4O2. The standard InChI is InChI=1S/C30H32Cl2N4O2/c1-5-7-16-35(30(38)33-21-13-15-24(31)25(32)18-21)27(6-2)28-34-26-11-9-8-10-23(26)29(37)36(28)22-14-12-19(3)20(4)17-22/h8-15,17-18,27H,5-7,16H2,1-4H3,(H,33,38). The largest absolute Gasteiger partial charge is 0.322 e. The van der Waals surface area contributed by atoms with E-state index in [1.165, 1.54) is 0 Å². The average Bonchev–Trinajstić information content (AvgIpc) is 2.90. The quantitative estimate of drug-likeness (QED) is 0.241. The van der Waals surface area contributed by atoms with Crippen molar-refractivity contribution in [1.82, 2.24) is 14.5 Å². The fourth-order valence-electron chi connectivity index (χ4n) is 4.53. The highest BCUT2D eigenvalue weighted by molar-refractivity contribution is 6.42. The molecule has 8 heteroatoms. The van der Waals surface area contributed by atoms with Gasteiger partial charge in [0.1, 0.15) is 5.82 Å². The molecule has 1 N–H and O–H groups in total. The van der Waals surface area contributed by atoms with Crippen molar-refractivity contribution in [3.63, 3.8) is 0 Å². The molecule has 4 rings (SSSR count). The minimum absolute atomic E-state index is 0.160. The van der Waals surface area contributed by atoms with Crippen molar-refractivity contribution in [1.29, 1.82) is 0 Å². The zero-order chi connectivity index (χ0) is 27.4. The van der Waals surface area contributed by atoms with Gasteiger partial charge in [-0.1, -0.05) is 61.7 Å². The molecule has 0 bridgehead atoms. The predicted octanol–water partition coefficient (Wildman–Crippen LogP) is 8.09. The highest BCUT2D eigenvalue weighted by atomic mass is 35.5. The zero-order valence-corrected chi connectivity index (χ0v) is 23.6. The van der Waals surface area contributed by atoms with Gasteiger partial charge in [0.25, 0.3) is 5.56 Å². The summed E-state index contributed by atoms with van der Waals surface area (Å²) >= 11 is 12.3. The third kappa shape index (κ3) is 5.71. The number of nitrogens with zero attached hydrogens (tertiary/aromatic N) is 3. The van der Waals surface area contributed by atoms with Crippen LogP contribution >= 0.6 is 23.2 Å². The number of halogens is 2. The molecule has 0 aliphatic rings. The first-order valence-corrected chi connectivity index (χ1v) is 13.6. The van der Waals surface area contributed by atoms with Gasteiger partial charge in [0.15, 0.2) is 0 Å². The predicted molar refractivity (Wildman–Crippen MR) is 157 cm³/mol. The Labute approximate surface area is 233 Å². The lowest BCUT2D eigenvalue weighted by Gasteiger charge is -2.32. The van der Waals surface area contributed by atoms with Crippen LogP contribution in [0, 0.1) is 13.8 Å². The molecular weight excluding hydrogens is 519 g/mol. The van der Waals surface area contributed by atoms with E-state index in [0.29, 0.717) is 45.4 Å². The Hall–Kier alpha value is -3.35. The van der Waals surface area contributed by atoms with Crippen LogP contribution in [-0.2, 0) is 0 Å². The van der Waals surface area contributed by atoms with E-state index in [1.807, 2.05) is 57.2 Å². The van der Waals surface area contributed by atoms with Crippen LogP contribution in [0.2, 0.25) is 10.0 Å². The summed E-state index contributed by atoms with van der Waals surface area (Å²) < 4.78 is 1.66. The van der Waals surface area contributed by atoms with Crippen LogP contribution < -0.4 is 10.9 Å². The maximum Gasteiger partial charge on any atom is 0.322 e. The SMILES string of the molecule is CCCCN(C(=O)Nc1ccc(Cl)c(Cl)c1)C(CC)c1nc2ccccc2c(=O)n1-c1ccc(C)c(C)c1. The van der Waals surface area contributed by atoms with Crippen molar-refractivity contribution in [2.75, 3.05) is 11.9 Å². The van der Waals surface area contributed by atoms with Gasteiger partial charge in [-0.25, -0.2) is 9.78 Å². The maximum atomic E-state index is 13.9. The molecule has 1 aromatic heterocycles. The van der Waals surface area contributed by atoms with Gasteiger partial charge in [-0.05, 0) is 80.3 Å². The molecule has 1 unspecified atom stereocenters. The number of unbranched alkanes of at least 4 members (excludes halogenated alkanes) is 1. The van der Waals surface area contributed by atoms with Gasteiger partial charge in [-0.3, -0.25) is 9.36 Å². The van der Waals surface area contributed by atoms with Crippen molar-refractivity contribution >= 4 is 45.8 Å². The van der Waals surface area contributed by atoms with Crippen molar-refractivity contribution in [2.45, 2.75) is 53.0 Å². The van der Waals surface area contributed by atoms with Crippen LogP contribution in [0.25, 0.3) is 16.6 Å². The van der Waals surface area contributed by atoms with Crippen molar-refractivity contribution in [2.24, 2.45) is 0 Å². The van der Waals surface area contributed by atoms with E-state index in [2.05, 4.69) is 12.2 Å². The number of amides is 2. The van der Waals surface area contributed by atoms with E-state index < -0.39 is 6.04 Å². The number of hydrogen-bond acceptors (Lipinski definition) is 3. The first kappa shape index (κ1) is 27.7. The van der Waals surface area contributed by atoms with Gasteiger partial charge in [0.2, 0.25) is 0 Å². The summed E-state index contributed by atoms with van der Waals surface area (Å²) in [5, 5.41) is 4.26. The van der Waals surface area contributed by atoms with E-state index in [-0.39, 0.29) is 11.6 Å². The molecule has 0 radical (unpaired) electrons. The molecule has 0 saturated carbocycles. The Balaban J connectivity index is 1.87. The highest BCUT2D eigenvalue weighted by Crippen LogP contribution is 2.29. The Morgan fingerprint density at radius 3 is 2.45 bits per heavy atom. The van der Waals surface area contributed by atoms with E-state index in [0.717, 1.165) is 29.7 Å². The molecule has 0 aliphatic heterocycles. The third-order valence-corrected chi connectivity index (χ3v) is 7.53. The minimum Gasteiger partial charge on any atom is -0.314 e. The third-order valence-electron chi connectivity index (χ3n) is 6.80. The van der Waals surface area contributed by atoms with Crippen molar-refractivity contribution in [3.8, 4) is 5.69 Å². The Morgan fingerprint density at radius 1 is 1.00 bits per heavy atom. The first-order valence-electron chi connectivity index (χ1n) is 12.9. The molecule has 3 aromatic carbocycles. The number of benzene rings is 3. The molecule has 0 fully saturated rings. The highest BCUT2D eigenvalue weighted by Gasteiger charge is 2.29. The van der Waals surface area contributed by atoms with Crippen LogP contribution in [0.15, 0.2) is 65.5 Å². The number of aromatic nitrogens is 2. The molecule has 1 atom stereocenters. The molecule has 2 amide bonds. The van der Waals surface area contributed by atoms with Gasteiger partial charge in [-0.2, -0.15) is 0 Å². The van der Waals surface area contributed by atoms with Crippen molar-refractivity contribution in [3.05, 3.63) is 98.0 Å². The molecule has 4 aromatic rings. The second-order valence-corrected chi connectivity index (χ2v) is 10.2. The molecule has 38 heavy (non-hydrogen) atoms. The molecule has 6 nitrogen and oxygen atoms in total. The van der Waals surface area contributed by atoms with Crippen LogP contribution in [0.4, 0.5) is 10.5 Å². The van der Waals surface area contributed by atoms with Gasteiger partial charge < -0.3 is 10.2 Å². The molecule has 198 valence electrons. The summed E-state index contributed by atoms with van der Waals surface area (Å²) in [5.74, 6) is 0.528. The van der Waals surface area contributed by atoms with Gasteiger partial charge in [0.05, 0.1) is 32.7 Å². The number of anilines is 1. The lowest BCUT2D eigenvalue weighted by atomic mass is 10.1. The molecule has 0 saturated heterocycles. The fourth-order valence-corrected chi connectivity index (χ4v) is 4.82. The second-order valence-electron chi connectivity index (χ2n) is 9.43. The van der Waals surface area contributed by atoms with Gasteiger partial charge in [-0.15, -0.1) is 0 Å². The number of nitrogens with one attached hydrogen (secondary N) is 1.